The largest absolute Gasteiger partial charge is 0.478 e. The number of hydrogen-bond acceptors (Lipinski definition) is 5. The number of sulfonamides is 1. The average Bonchev–Trinajstić information content (AvgIpc) is 3.55. The number of piperazine rings is 1. The zero-order valence-electron chi connectivity index (χ0n) is 35.2. The molecule has 5 fully saturated rings. The number of allylic oxidation sites excluding steroid dienone is 3. The van der Waals surface area contributed by atoms with Gasteiger partial charge in [0, 0.05) is 44.8 Å². The van der Waals surface area contributed by atoms with E-state index >= 15 is 0 Å². The lowest BCUT2D eigenvalue weighted by atomic mass is 9.33. The van der Waals surface area contributed by atoms with Gasteiger partial charge in [-0.2, -0.15) is 4.31 Å². The molecule has 2 aromatic carbocycles. The molecule has 2 aromatic rings. The Morgan fingerprint density at radius 2 is 1.54 bits per heavy atom. The Labute approximate surface area is 341 Å². The van der Waals surface area contributed by atoms with Crippen molar-refractivity contribution in [2.45, 2.75) is 110 Å². The van der Waals surface area contributed by atoms with Gasteiger partial charge in [-0.05, 0) is 163 Å². The van der Waals surface area contributed by atoms with Crippen LogP contribution in [0.4, 0.5) is 4.39 Å². The topological polar surface area (TPSA) is 90.0 Å². The number of hydrogen-bond donors (Lipinski definition) is 2. The van der Waals surface area contributed by atoms with E-state index in [2.05, 4.69) is 64.4 Å². The Hall–Kier alpha value is -2.85. The minimum absolute atomic E-state index is 0.0114. The molecule has 9 atom stereocenters. The Morgan fingerprint density at radius 3 is 2.19 bits per heavy atom. The monoisotopic (exact) mass is 799 g/mol. The number of carboxylic acid groups (broad SMARTS) is 1. The van der Waals surface area contributed by atoms with Crippen LogP contribution in [0.1, 0.15) is 115 Å². The molecule has 310 valence electrons. The van der Waals surface area contributed by atoms with E-state index in [9.17, 15) is 22.7 Å². The fraction of sp³-hybridized carbons (Fsp3) is 0.646. The highest BCUT2D eigenvalue weighted by molar-refractivity contribution is 7.89. The molecule has 1 heterocycles. The van der Waals surface area contributed by atoms with Crippen LogP contribution in [-0.2, 0) is 10.0 Å². The summed E-state index contributed by atoms with van der Waals surface area (Å²) in [5, 5.41) is 13.8. The molecule has 57 heavy (non-hydrogen) atoms. The van der Waals surface area contributed by atoms with E-state index in [1.807, 2.05) is 12.1 Å². The first-order valence-electron chi connectivity index (χ1n) is 21.8. The van der Waals surface area contributed by atoms with Crippen molar-refractivity contribution < 1.29 is 22.7 Å². The van der Waals surface area contributed by atoms with E-state index in [4.69, 9.17) is 0 Å². The Morgan fingerprint density at radius 1 is 0.860 bits per heavy atom. The van der Waals surface area contributed by atoms with Crippen molar-refractivity contribution in [2.24, 2.45) is 51.2 Å². The van der Waals surface area contributed by atoms with E-state index in [-0.39, 0.29) is 32.1 Å². The molecule has 4 saturated carbocycles. The third-order valence-corrected chi connectivity index (χ3v) is 19.7. The number of rotatable bonds is 9. The zero-order chi connectivity index (χ0) is 40.8. The van der Waals surface area contributed by atoms with Gasteiger partial charge < -0.3 is 10.4 Å². The summed E-state index contributed by atoms with van der Waals surface area (Å²) in [6.07, 6.45) is 13.5. The molecule has 0 radical (unpaired) electrons. The number of benzene rings is 2. The van der Waals surface area contributed by atoms with Crippen molar-refractivity contribution in [3.05, 3.63) is 83.7 Å². The Balaban J connectivity index is 0.977. The van der Waals surface area contributed by atoms with E-state index in [1.54, 1.807) is 16.4 Å². The fourth-order valence-electron chi connectivity index (χ4n) is 14.8. The van der Waals surface area contributed by atoms with Gasteiger partial charge in [-0.3, -0.25) is 4.90 Å². The number of nitrogens with one attached hydrogen (secondary N) is 1. The maximum atomic E-state index is 13.5. The van der Waals surface area contributed by atoms with E-state index in [0.717, 1.165) is 25.1 Å². The van der Waals surface area contributed by atoms with Crippen LogP contribution in [0.3, 0.4) is 0 Å². The summed E-state index contributed by atoms with van der Waals surface area (Å²) in [6, 6.07) is 12.7. The van der Waals surface area contributed by atoms with Crippen LogP contribution in [0.15, 0.2) is 71.7 Å². The molecule has 0 spiro atoms. The molecular weight excluding hydrogens is 734 g/mol. The number of halogens is 1. The van der Waals surface area contributed by atoms with Gasteiger partial charge in [-0.25, -0.2) is 17.6 Å². The molecule has 6 aliphatic rings. The van der Waals surface area contributed by atoms with Crippen molar-refractivity contribution in [3.8, 4) is 0 Å². The second-order valence-corrected chi connectivity index (χ2v) is 22.3. The Bertz CT molecular complexity index is 2020. The SMILES string of the molecule is C=C(C)[C@@H]1CC[C@]2(NCCN3CCN(S(=O)(=O)c4ccc(F)cc4)CC3)CC[C@]3(C)[C@H](CC[C@@H]4[C@@]5(C)CC=C(c6ccc(C(=O)O)cc6)C(C)(C)[C@@H]5CC[C@]43C)[C@@H]12. The van der Waals surface area contributed by atoms with Gasteiger partial charge >= 0.3 is 5.97 Å². The minimum atomic E-state index is -3.64. The van der Waals surface area contributed by atoms with Gasteiger partial charge in [0.2, 0.25) is 10.0 Å². The van der Waals surface area contributed by atoms with Crippen molar-refractivity contribution in [1.82, 2.24) is 14.5 Å². The smallest absolute Gasteiger partial charge is 0.335 e. The van der Waals surface area contributed by atoms with E-state index < -0.39 is 21.8 Å². The second kappa shape index (κ2) is 14.4. The van der Waals surface area contributed by atoms with Crippen molar-refractivity contribution in [2.75, 3.05) is 39.3 Å². The van der Waals surface area contributed by atoms with Crippen LogP contribution in [0, 0.1) is 57.1 Å². The summed E-state index contributed by atoms with van der Waals surface area (Å²) in [4.78, 5) is 14.2. The van der Waals surface area contributed by atoms with Crippen LogP contribution in [0.25, 0.3) is 5.57 Å². The molecule has 9 heteroatoms. The normalized spacial score (nSPS) is 37.9. The summed E-state index contributed by atoms with van der Waals surface area (Å²) >= 11 is 0. The lowest BCUT2D eigenvalue weighted by molar-refractivity contribution is -0.219. The summed E-state index contributed by atoms with van der Waals surface area (Å²) in [5.74, 6) is 1.63. The predicted octanol–water partition coefficient (Wildman–Crippen LogP) is 9.52. The molecular formula is C48H66FN3O4S. The van der Waals surface area contributed by atoms with Crippen LogP contribution in [0.2, 0.25) is 0 Å². The van der Waals surface area contributed by atoms with Crippen molar-refractivity contribution in [3.63, 3.8) is 0 Å². The third-order valence-electron chi connectivity index (χ3n) is 17.8. The molecule has 5 aliphatic carbocycles. The predicted molar refractivity (Wildman–Crippen MR) is 226 cm³/mol. The summed E-state index contributed by atoms with van der Waals surface area (Å²) in [7, 11) is -3.64. The van der Waals surface area contributed by atoms with Crippen molar-refractivity contribution in [1.29, 1.82) is 0 Å². The lowest BCUT2D eigenvalue weighted by Gasteiger charge is -2.72. The van der Waals surface area contributed by atoms with Crippen LogP contribution in [0.5, 0.6) is 0 Å². The first-order valence-corrected chi connectivity index (χ1v) is 23.2. The Kier molecular flexibility index (Phi) is 10.3. The average molecular weight is 800 g/mol. The van der Waals surface area contributed by atoms with Gasteiger partial charge in [-0.1, -0.05) is 65.0 Å². The van der Waals surface area contributed by atoms with Gasteiger partial charge in [0.25, 0.3) is 0 Å². The van der Waals surface area contributed by atoms with Crippen LogP contribution >= 0.6 is 0 Å². The number of aromatic carboxylic acids is 1. The third kappa shape index (κ3) is 6.42. The zero-order valence-corrected chi connectivity index (χ0v) is 36.1. The summed E-state index contributed by atoms with van der Waals surface area (Å²) in [5.41, 5.74) is 5.01. The maximum Gasteiger partial charge on any atom is 0.335 e. The highest BCUT2D eigenvalue weighted by Gasteiger charge is 2.70. The molecule has 8 rings (SSSR count). The minimum Gasteiger partial charge on any atom is -0.478 e. The standard InChI is InChI=1S/C48H66FN3O4S/c1-32(2)37-18-23-48(50-26-27-51-28-30-52(31-29-51)57(55,56)36-14-12-35(49)13-15-36)25-24-46(6)39(42(37)48)16-17-41-45(5)21-19-38(33-8-10-34(11-9-33)43(53)54)44(3,4)40(45)20-22-47(41,46)7/h8-15,19,37,39-42,50H,1,16-18,20-31H2,2-7H3,(H,53,54)/t37-,39+,40-,41+,42+,45-,46+,47+,48-/m0/s1. The number of carboxylic acids is 1. The molecule has 2 N–H and O–H groups in total. The first-order chi connectivity index (χ1) is 26.9. The molecule has 0 unspecified atom stereocenters. The molecule has 7 nitrogen and oxygen atoms in total. The van der Waals surface area contributed by atoms with Crippen LogP contribution in [-0.4, -0.2) is 73.5 Å². The highest BCUT2D eigenvalue weighted by atomic mass is 32.2. The fourth-order valence-corrected chi connectivity index (χ4v) is 16.2. The number of fused-ring (bicyclic) bond motifs is 7. The van der Waals surface area contributed by atoms with Gasteiger partial charge in [0.15, 0.2) is 0 Å². The van der Waals surface area contributed by atoms with E-state index in [1.165, 1.54) is 86.8 Å². The quantitative estimate of drug-likeness (QED) is 0.246. The van der Waals surface area contributed by atoms with Gasteiger partial charge in [-0.15, -0.1) is 0 Å². The highest BCUT2D eigenvalue weighted by Crippen LogP contribution is 2.76. The summed E-state index contributed by atoms with van der Waals surface area (Å²) in [6.45, 7) is 23.9. The van der Waals surface area contributed by atoms with Crippen LogP contribution < -0.4 is 5.32 Å². The molecule has 1 saturated heterocycles. The van der Waals surface area contributed by atoms with Gasteiger partial charge in [0.05, 0.1) is 10.5 Å². The maximum absolute atomic E-state index is 13.5. The number of carbonyl (C=O) groups is 1. The lowest BCUT2D eigenvalue weighted by Crippen LogP contribution is -2.68. The number of nitrogens with zero attached hydrogens (tertiary/aromatic N) is 2. The van der Waals surface area contributed by atoms with Gasteiger partial charge in [0.1, 0.15) is 5.82 Å². The summed E-state index contributed by atoms with van der Waals surface area (Å²) < 4.78 is 41.5. The molecule has 0 aromatic heterocycles. The van der Waals surface area contributed by atoms with E-state index in [0.29, 0.717) is 61.3 Å². The van der Waals surface area contributed by atoms with Crippen molar-refractivity contribution >= 4 is 21.6 Å². The second-order valence-electron chi connectivity index (χ2n) is 20.4. The molecule has 0 bridgehead atoms. The first kappa shape index (κ1) is 40.9. The molecule has 1 aliphatic heterocycles. The molecule has 0 amide bonds.